The fraction of sp³-hybridized carbons (Fsp3) is 0.938. The van der Waals surface area contributed by atoms with Gasteiger partial charge < -0.3 is 14.4 Å². The van der Waals surface area contributed by atoms with Gasteiger partial charge >= 0.3 is 6.09 Å². The van der Waals surface area contributed by atoms with E-state index in [2.05, 4.69) is 4.90 Å². The Kier molecular flexibility index (Phi) is 5.49. The Bertz CT molecular complexity index is 346. The van der Waals surface area contributed by atoms with Crippen LogP contribution >= 0.6 is 0 Å². The van der Waals surface area contributed by atoms with Gasteiger partial charge in [0, 0.05) is 39.3 Å². The van der Waals surface area contributed by atoms with Gasteiger partial charge in [0.2, 0.25) is 0 Å². The molecular formula is C16H30N2O3. The third-order valence-electron chi connectivity index (χ3n) is 4.41. The second-order valence-corrected chi connectivity index (χ2v) is 7.13. The molecule has 2 atom stereocenters. The van der Waals surface area contributed by atoms with Gasteiger partial charge in [-0.3, -0.25) is 4.90 Å². The fourth-order valence-corrected chi connectivity index (χ4v) is 3.33. The molecule has 1 aliphatic heterocycles. The van der Waals surface area contributed by atoms with Crippen molar-refractivity contribution in [2.75, 3.05) is 33.3 Å². The van der Waals surface area contributed by atoms with Gasteiger partial charge in [-0.25, -0.2) is 4.79 Å². The van der Waals surface area contributed by atoms with Gasteiger partial charge in [-0.05, 0) is 33.6 Å². The van der Waals surface area contributed by atoms with Gasteiger partial charge in [0.25, 0.3) is 0 Å². The van der Waals surface area contributed by atoms with Gasteiger partial charge in [-0.1, -0.05) is 12.8 Å². The Morgan fingerprint density at radius 1 is 1.05 bits per heavy atom. The monoisotopic (exact) mass is 298 g/mol. The van der Waals surface area contributed by atoms with E-state index in [9.17, 15) is 4.79 Å². The maximum Gasteiger partial charge on any atom is 0.410 e. The molecule has 5 heteroatoms. The minimum absolute atomic E-state index is 0.186. The Labute approximate surface area is 128 Å². The fourth-order valence-electron chi connectivity index (χ4n) is 3.33. The van der Waals surface area contributed by atoms with Crippen molar-refractivity contribution in [1.82, 2.24) is 9.80 Å². The lowest BCUT2D eigenvalue weighted by Gasteiger charge is -2.43. The zero-order chi connectivity index (χ0) is 15.5. The summed E-state index contributed by atoms with van der Waals surface area (Å²) in [5.41, 5.74) is -0.418. The number of nitrogens with zero attached hydrogens (tertiary/aromatic N) is 2. The molecule has 1 saturated heterocycles. The smallest absolute Gasteiger partial charge is 0.410 e. The molecule has 2 aliphatic rings. The summed E-state index contributed by atoms with van der Waals surface area (Å²) >= 11 is 0. The van der Waals surface area contributed by atoms with Gasteiger partial charge in [0.05, 0.1) is 6.10 Å². The minimum Gasteiger partial charge on any atom is -0.444 e. The Balaban J connectivity index is 1.83. The Morgan fingerprint density at radius 2 is 1.67 bits per heavy atom. The minimum atomic E-state index is -0.418. The first-order chi connectivity index (χ1) is 9.90. The van der Waals surface area contributed by atoms with Crippen molar-refractivity contribution >= 4 is 6.09 Å². The van der Waals surface area contributed by atoms with Crippen LogP contribution in [0.25, 0.3) is 0 Å². The van der Waals surface area contributed by atoms with Crippen LogP contribution in [0.3, 0.4) is 0 Å². The summed E-state index contributed by atoms with van der Waals surface area (Å²) in [6, 6.07) is 0.518. The lowest BCUT2D eigenvalue weighted by molar-refractivity contribution is -0.0324. The molecular weight excluding hydrogens is 268 g/mol. The summed E-state index contributed by atoms with van der Waals surface area (Å²) in [6.07, 6.45) is 5.10. The molecule has 0 aromatic carbocycles. The number of rotatable bonds is 2. The highest BCUT2D eigenvalue weighted by Crippen LogP contribution is 2.26. The number of hydrogen-bond donors (Lipinski definition) is 0. The molecule has 1 amide bonds. The summed E-state index contributed by atoms with van der Waals surface area (Å²) in [5.74, 6) is 0. The molecule has 0 aromatic heterocycles. The summed E-state index contributed by atoms with van der Waals surface area (Å²) < 4.78 is 11.1. The van der Waals surface area contributed by atoms with Crippen LogP contribution < -0.4 is 0 Å². The molecule has 5 nitrogen and oxygen atoms in total. The molecule has 0 aromatic rings. The summed E-state index contributed by atoms with van der Waals surface area (Å²) in [7, 11) is 1.82. The first kappa shape index (κ1) is 16.6. The normalized spacial score (nSPS) is 28.5. The zero-order valence-electron chi connectivity index (χ0n) is 13.9. The van der Waals surface area contributed by atoms with Gasteiger partial charge in [0.1, 0.15) is 5.60 Å². The number of methoxy groups -OCH3 is 1. The van der Waals surface area contributed by atoms with Crippen LogP contribution in [-0.2, 0) is 9.47 Å². The molecule has 1 unspecified atom stereocenters. The Hall–Kier alpha value is -0.810. The molecule has 0 spiro atoms. The third-order valence-corrected chi connectivity index (χ3v) is 4.41. The first-order valence-electron chi connectivity index (χ1n) is 8.15. The van der Waals surface area contributed by atoms with Crippen LogP contribution in [-0.4, -0.2) is 66.9 Å². The predicted molar refractivity (Wildman–Crippen MR) is 82.4 cm³/mol. The van der Waals surface area contributed by atoms with Crippen LogP contribution in [0.4, 0.5) is 4.79 Å². The zero-order valence-corrected chi connectivity index (χ0v) is 13.9. The van der Waals surface area contributed by atoms with Crippen molar-refractivity contribution in [3.63, 3.8) is 0 Å². The number of amides is 1. The van der Waals surface area contributed by atoms with Gasteiger partial charge in [-0.15, -0.1) is 0 Å². The van der Waals surface area contributed by atoms with Crippen molar-refractivity contribution in [2.24, 2.45) is 0 Å². The molecule has 1 aliphatic carbocycles. The molecule has 0 bridgehead atoms. The number of piperazine rings is 1. The average Bonchev–Trinajstić information content (AvgIpc) is 2.45. The molecule has 21 heavy (non-hydrogen) atoms. The maximum absolute atomic E-state index is 12.1. The number of carbonyl (C=O) groups is 1. The van der Waals surface area contributed by atoms with E-state index in [4.69, 9.17) is 9.47 Å². The van der Waals surface area contributed by atoms with Gasteiger partial charge in [-0.2, -0.15) is 0 Å². The number of carbonyl (C=O) groups excluding carboxylic acids is 1. The van der Waals surface area contributed by atoms with E-state index in [1.807, 2.05) is 32.8 Å². The number of ether oxygens (including phenoxy) is 2. The Morgan fingerprint density at radius 3 is 2.24 bits per heavy atom. The molecule has 1 heterocycles. The highest BCUT2D eigenvalue weighted by atomic mass is 16.6. The highest BCUT2D eigenvalue weighted by molar-refractivity contribution is 5.68. The van der Waals surface area contributed by atoms with E-state index in [-0.39, 0.29) is 6.09 Å². The molecule has 122 valence electrons. The van der Waals surface area contributed by atoms with E-state index in [0.29, 0.717) is 12.1 Å². The third kappa shape index (κ3) is 4.58. The maximum atomic E-state index is 12.1. The summed E-state index contributed by atoms with van der Waals surface area (Å²) in [6.45, 7) is 9.07. The van der Waals surface area contributed by atoms with Crippen molar-refractivity contribution in [3.8, 4) is 0 Å². The SMILES string of the molecule is CO[C@@H]1CCCCC1N1CCN(C(=O)OC(C)(C)C)CC1. The van der Waals surface area contributed by atoms with Gasteiger partial charge in [0.15, 0.2) is 0 Å². The highest BCUT2D eigenvalue weighted by Gasteiger charge is 2.33. The molecule has 0 radical (unpaired) electrons. The lowest BCUT2D eigenvalue weighted by Crippen LogP contribution is -2.56. The van der Waals surface area contributed by atoms with Crippen molar-refractivity contribution in [1.29, 1.82) is 0 Å². The van der Waals surface area contributed by atoms with E-state index in [1.54, 1.807) is 0 Å². The second kappa shape index (κ2) is 6.97. The van der Waals surface area contributed by atoms with Crippen LogP contribution in [0.5, 0.6) is 0 Å². The van der Waals surface area contributed by atoms with Crippen molar-refractivity contribution in [2.45, 2.75) is 64.2 Å². The van der Waals surface area contributed by atoms with E-state index in [1.165, 1.54) is 19.3 Å². The predicted octanol–water partition coefficient (Wildman–Crippen LogP) is 2.50. The average molecular weight is 298 g/mol. The summed E-state index contributed by atoms with van der Waals surface area (Å²) in [4.78, 5) is 16.4. The molecule has 2 rings (SSSR count). The van der Waals surface area contributed by atoms with Crippen LogP contribution in [0.15, 0.2) is 0 Å². The molecule has 2 fully saturated rings. The van der Waals surface area contributed by atoms with Crippen LogP contribution in [0.2, 0.25) is 0 Å². The summed E-state index contributed by atoms with van der Waals surface area (Å²) in [5, 5.41) is 0. The van der Waals surface area contributed by atoms with E-state index in [0.717, 1.165) is 32.6 Å². The topological polar surface area (TPSA) is 42.0 Å². The largest absolute Gasteiger partial charge is 0.444 e. The molecule has 1 saturated carbocycles. The van der Waals surface area contributed by atoms with Crippen LogP contribution in [0.1, 0.15) is 46.5 Å². The molecule has 0 N–H and O–H groups in total. The standard InChI is InChI=1S/C16H30N2O3/c1-16(2,3)21-15(19)18-11-9-17(10-12-18)13-7-5-6-8-14(13)20-4/h13-14H,5-12H2,1-4H3/t13?,14-/m1/s1. The number of hydrogen-bond acceptors (Lipinski definition) is 4. The second-order valence-electron chi connectivity index (χ2n) is 7.13. The quantitative estimate of drug-likeness (QED) is 0.785. The van der Waals surface area contributed by atoms with Crippen molar-refractivity contribution < 1.29 is 14.3 Å². The van der Waals surface area contributed by atoms with Crippen LogP contribution in [0, 0.1) is 0 Å². The first-order valence-corrected chi connectivity index (χ1v) is 8.15. The van der Waals surface area contributed by atoms with E-state index < -0.39 is 5.60 Å². The van der Waals surface area contributed by atoms with Crippen molar-refractivity contribution in [3.05, 3.63) is 0 Å². The lowest BCUT2D eigenvalue weighted by atomic mass is 9.91. The van der Waals surface area contributed by atoms with E-state index >= 15 is 0 Å².